The van der Waals surface area contributed by atoms with Gasteiger partial charge in [0.25, 0.3) is 0 Å². The van der Waals surface area contributed by atoms with Crippen molar-refractivity contribution in [2.24, 2.45) is 0 Å². The zero-order valence-electron chi connectivity index (χ0n) is 8.67. The van der Waals surface area contributed by atoms with Crippen molar-refractivity contribution in [2.45, 2.75) is 6.54 Å². The lowest BCUT2D eigenvalue weighted by atomic mass is 10.1. The van der Waals surface area contributed by atoms with Gasteiger partial charge in [0.05, 0.1) is 7.11 Å². The summed E-state index contributed by atoms with van der Waals surface area (Å²) in [5.41, 5.74) is 4.93. The highest BCUT2D eigenvalue weighted by atomic mass is 35.5. The van der Waals surface area contributed by atoms with E-state index in [2.05, 4.69) is 5.48 Å². The Kier molecular flexibility index (Phi) is 4.20. The van der Waals surface area contributed by atoms with Crippen LogP contribution in [0.1, 0.15) is 5.56 Å². The normalized spacial score (nSPS) is 10.3. The molecule has 0 amide bonds. The SMILES string of the molecule is CONCc1c(Cl)cccc1N(C)C. The van der Waals surface area contributed by atoms with E-state index in [-0.39, 0.29) is 0 Å². The van der Waals surface area contributed by atoms with Gasteiger partial charge in [0, 0.05) is 36.9 Å². The lowest BCUT2D eigenvalue weighted by Crippen LogP contribution is -2.17. The Labute approximate surface area is 89.6 Å². The second-order valence-corrected chi connectivity index (χ2v) is 3.56. The van der Waals surface area contributed by atoms with Gasteiger partial charge in [-0.3, -0.25) is 0 Å². The smallest absolute Gasteiger partial charge is 0.0572 e. The first-order valence-electron chi connectivity index (χ1n) is 4.37. The van der Waals surface area contributed by atoms with Crippen LogP contribution in [0.5, 0.6) is 0 Å². The van der Waals surface area contributed by atoms with E-state index in [1.54, 1.807) is 7.11 Å². The van der Waals surface area contributed by atoms with E-state index in [1.807, 2.05) is 37.2 Å². The summed E-state index contributed by atoms with van der Waals surface area (Å²) in [6.07, 6.45) is 0. The zero-order chi connectivity index (χ0) is 10.6. The van der Waals surface area contributed by atoms with Crippen molar-refractivity contribution in [1.29, 1.82) is 0 Å². The van der Waals surface area contributed by atoms with Crippen LogP contribution in [0.25, 0.3) is 0 Å². The molecule has 0 unspecified atom stereocenters. The van der Waals surface area contributed by atoms with Crippen LogP contribution in [-0.4, -0.2) is 21.2 Å². The molecule has 0 aromatic heterocycles. The molecule has 1 aromatic rings. The summed E-state index contributed by atoms with van der Waals surface area (Å²) >= 11 is 6.09. The number of hydrogen-bond donors (Lipinski definition) is 1. The van der Waals surface area contributed by atoms with Gasteiger partial charge in [-0.25, -0.2) is 0 Å². The highest BCUT2D eigenvalue weighted by Crippen LogP contribution is 2.25. The van der Waals surface area contributed by atoms with Crippen LogP contribution in [0, 0.1) is 0 Å². The molecule has 0 heterocycles. The average Bonchev–Trinajstić information content (AvgIpc) is 2.15. The minimum atomic E-state index is 0.601. The quantitative estimate of drug-likeness (QED) is 0.777. The van der Waals surface area contributed by atoms with Crippen molar-refractivity contribution in [3.8, 4) is 0 Å². The predicted octanol–water partition coefficient (Wildman–Crippen LogP) is 2.06. The largest absolute Gasteiger partial charge is 0.377 e. The summed E-state index contributed by atoms with van der Waals surface area (Å²) in [5, 5.41) is 0.751. The molecule has 0 saturated heterocycles. The molecular formula is C10H15ClN2O. The Morgan fingerprint density at radius 3 is 2.71 bits per heavy atom. The van der Waals surface area contributed by atoms with Crippen LogP contribution < -0.4 is 10.4 Å². The number of anilines is 1. The zero-order valence-corrected chi connectivity index (χ0v) is 9.43. The number of nitrogens with zero attached hydrogens (tertiary/aromatic N) is 1. The number of benzene rings is 1. The first kappa shape index (κ1) is 11.3. The van der Waals surface area contributed by atoms with Gasteiger partial charge in [-0.15, -0.1) is 0 Å². The second-order valence-electron chi connectivity index (χ2n) is 3.16. The summed E-state index contributed by atoms with van der Waals surface area (Å²) in [4.78, 5) is 6.83. The van der Waals surface area contributed by atoms with E-state index in [9.17, 15) is 0 Å². The maximum Gasteiger partial charge on any atom is 0.0572 e. The van der Waals surface area contributed by atoms with Gasteiger partial charge in [-0.2, -0.15) is 5.48 Å². The molecule has 0 spiro atoms. The first-order valence-corrected chi connectivity index (χ1v) is 4.75. The van der Waals surface area contributed by atoms with Gasteiger partial charge in [0.2, 0.25) is 0 Å². The van der Waals surface area contributed by atoms with Crippen molar-refractivity contribution in [2.75, 3.05) is 26.1 Å². The van der Waals surface area contributed by atoms with Crippen molar-refractivity contribution < 1.29 is 4.84 Å². The van der Waals surface area contributed by atoms with Crippen LogP contribution in [0.3, 0.4) is 0 Å². The summed E-state index contributed by atoms with van der Waals surface area (Å²) < 4.78 is 0. The lowest BCUT2D eigenvalue weighted by Gasteiger charge is -2.18. The summed E-state index contributed by atoms with van der Waals surface area (Å²) in [5.74, 6) is 0. The minimum Gasteiger partial charge on any atom is -0.377 e. The second kappa shape index (κ2) is 5.20. The van der Waals surface area contributed by atoms with Gasteiger partial charge >= 0.3 is 0 Å². The van der Waals surface area contributed by atoms with Gasteiger partial charge in [-0.05, 0) is 12.1 Å². The van der Waals surface area contributed by atoms with Crippen molar-refractivity contribution >= 4 is 17.3 Å². The van der Waals surface area contributed by atoms with Crippen LogP contribution in [0.15, 0.2) is 18.2 Å². The third-order valence-electron chi connectivity index (χ3n) is 1.97. The fourth-order valence-electron chi connectivity index (χ4n) is 1.29. The van der Waals surface area contributed by atoms with Crippen LogP contribution in [-0.2, 0) is 11.4 Å². The van der Waals surface area contributed by atoms with Crippen LogP contribution in [0.2, 0.25) is 5.02 Å². The molecule has 0 fully saturated rings. The van der Waals surface area contributed by atoms with Crippen molar-refractivity contribution in [3.05, 3.63) is 28.8 Å². The standard InChI is InChI=1S/C10H15ClN2O/c1-13(2)10-6-4-5-9(11)8(10)7-12-14-3/h4-6,12H,7H2,1-3H3. The number of halogens is 1. The topological polar surface area (TPSA) is 24.5 Å². The van der Waals surface area contributed by atoms with E-state index >= 15 is 0 Å². The average molecular weight is 215 g/mol. The third-order valence-corrected chi connectivity index (χ3v) is 2.32. The Morgan fingerprint density at radius 1 is 1.43 bits per heavy atom. The van der Waals surface area contributed by atoms with Crippen molar-refractivity contribution in [3.63, 3.8) is 0 Å². The molecule has 4 heteroatoms. The predicted molar refractivity (Wildman–Crippen MR) is 59.6 cm³/mol. The van der Waals surface area contributed by atoms with E-state index < -0.39 is 0 Å². The van der Waals surface area contributed by atoms with Gasteiger partial charge in [-0.1, -0.05) is 17.7 Å². The van der Waals surface area contributed by atoms with E-state index in [0.717, 1.165) is 16.3 Å². The summed E-state index contributed by atoms with van der Waals surface area (Å²) in [7, 11) is 5.57. The molecule has 0 aliphatic carbocycles. The highest BCUT2D eigenvalue weighted by Gasteiger charge is 2.07. The van der Waals surface area contributed by atoms with Gasteiger partial charge < -0.3 is 9.74 Å². The Morgan fingerprint density at radius 2 is 2.14 bits per heavy atom. The maximum absolute atomic E-state index is 6.09. The molecule has 0 saturated carbocycles. The molecule has 78 valence electrons. The van der Waals surface area contributed by atoms with E-state index in [4.69, 9.17) is 16.4 Å². The molecule has 0 radical (unpaired) electrons. The van der Waals surface area contributed by atoms with Gasteiger partial charge in [0.15, 0.2) is 0 Å². The van der Waals surface area contributed by atoms with Crippen LogP contribution in [0.4, 0.5) is 5.69 Å². The molecule has 1 N–H and O–H groups in total. The van der Waals surface area contributed by atoms with Gasteiger partial charge in [0.1, 0.15) is 0 Å². The molecular weight excluding hydrogens is 200 g/mol. The molecule has 1 aromatic carbocycles. The first-order chi connectivity index (χ1) is 6.66. The van der Waals surface area contributed by atoms with E-state index in [1.165, 1.54) is 0 Å². The molecule has 1 rings (SSSR count). The monoisotopic (exact) mass is 214 g/mol. The van der Waals surface area contributed by atoms with Crippen LogP contribution >= 0.6 is 11.6 Å². The number of rotatable bonds is 4. The molecule has 0 atom stereocenters. The molecule has 0 aliphatic heterocycles. The number of hydrogen-bond acceptors (Lipinski definition) is 3. The minimum absolute atomic E-state index is 0.601. The third kappa shape index (κ3) is 2.61. The summed E-state index contributed by atoms with van der Waals surface area (Å²) in [6, 6.07) is 5.84. The van der Waals surface area contributed by atoms with E-state index in [0.29, 0.717) is 6.54 Å². The highest BCUT2D eigenvalue weighted by molar-refractivity contribution is 6.31. The molecule has 14 heavy (non-hydrogen) atoms. The fraction of sp³-hybridized carbons (Fsp3) is 0.400. The Bertz CT molecular complexity index is 302. The molecule has 0 aliphatic rings. The lowest BCUT2D eigenvalue weighted by molar-refractivity contribution is 0.0868. The molecule has 3 nitrogen and oxygen atoms in total. The number of nitrogens with one attached hydrogen (secondary N) is 1. The Hall–Kier alpha value is -0.770. The Balaban J connectivity index is 2.96. The van der Waals surface area contributed by atoms with Crippen molar-refractivity contribution in [1.82, 2.24) is 5.48 Å². The number of hydroxylamine groups is 1. The summed E-state index contributed by atoms with van der Waals surface area (Å²) in [6.45, 7) is 0.601. The fourth-order valence-corrected chi connectivity index (χ4v) is 1.52. The maximum atomic E-state index is 6.09. The molecule has 0 bridgehead atoms.